The van der Waals surface area contributed by atoms with Gasteiger partial charge in [0, 0.05) is 18.8 Å². The molecule has 0 aromatic heterocycles. The molecule has 1 unspecified atom stereocenters. The molecule has 15 heavy (non-hydrogen) atoms. The standard InChI is InChI=1S/C11H16N2O2/c1-9(8-14)7-13(11(12)15)10-5-3-2-4-6-10/h2-6,9,14H,7-8H2,1H3,(H2,12,15)/p+1. The van der Waals surface area contributed by atoms with Gasteiger partial charge in [0.15, 0.2) is 0 Å². The largest absolute Gasteiger partial charge is 1.00 e. The highest BCUT2D eigenvalue weighted by atomic mass is 16.3. The minimum absolute atomic E-state index is 0. The third-order valence-electron chi connectivity index (χ3n) is 2.14. The van der Waals surface area contributed by atoms with Crippen LogP contribution in [0.5, 0.6) is 0 Å². The maximum atomic E-state index is 11.2. The van der Waals surface area contributed by atoms with Crippen LogP contribution in [0.1, 0.15) is 8.35 Å². The van der Waals surface area contributed by atoms with Gasteiger partial charge in [-0.25, -0.2) is 4.79 Å². The number of primary amides is 1. The van der Waals surface area contributed by atoms with E-state index >= 15 is 0 Å². The van der Waals surface area contributed by atoms with E-state index in [0.29, 0.717) is 6.54 Å². The molecule has 0 aliphatic carbocycles. The van der Waals surface area contributed by atoms with Crippen LogP contribution in [-0.2, 0) is 0 Å². The van der Waals surface area contributed by atoms with Gasteiger partial charge < -0.3 is 10.8 Å². The molecule has 0 radical (unpaired) electrons. The smallest absolute Gasteiger partial charge is 0.396 e. The van der Waals surface area contributed by atoms with Crippen LogP contribution in [0.15, 0.2) is 30.3 Å². The average Bonchev–Trinajstić information content (AvgIpc) is 2.26. The molecular weight excluding hydrogens is 192 g/mol. The minimum Gasteiger partial charge on any atom is -0.396 e. The van der Waals surface area contributed by atoms with Crippen LogP contribution in [0.4, 0.5) is 10.5 Å². The number of urea groups is 1. The first-order chi connectivity index (χ1) is 7.15. The minimum atomic E-state index is -0.499. The molecule has 1 atom stereocenters. The van der Waals surface area contributed by atoms with Crippen molar-refractivity contribution in [2.45, 2.75) is 6.92 Å². The van der Waals surface area contributed by atoms with Crippen LogP contribution in [0.25, 0.3) is 0 Å². The number of nitrogens with two attached hydrogens (primary N) is 1. The van der Waals surface area contributed by atoms with Gasteiger partial charge in [-0.15, -0.1) is 0 Å². The highest BCUT2D eigenvalue weighted by Gasteiger charge is 2.14. The van der Waals surface area contributed by atoms with Crippen molar-refractivity contribution in [1.29, 1.82) is 0 Å². The molecule has 0 spiro atoms. The van der Waals surface area contributed by atoms with E-state index in [9.17, 15) is 4.79 Å². The molecule has 0 saturated heterocycles. The number of para-hydroxylation sites is 1. The number of benzene rings is 1. The molecule has 1 aromatic carbocycles. The zero-order chi connectivity index (χ0) is 11.3. The van der Waals surface area contributed by atoms with Gasteiger partial charge in [-0.2, -0.15) is 0 Å². The van der Waals surface area contributed by atoms with E-state index in [1.54, 1.807) is 0 Å². The lowest BCUT2D eigenvalue weighted by molar-refractivity contribution is 0.233. The van der Waals surface area contributed by atoms with Gasteiger partial charge in [-0.05, 0) is 18.1 Å². The number of aliphatic hydroxyl groups is 1. The van der Waals surface area contributed by atoms with Crippen LogP contribution in [0.2, 0.25) is 0 Å². The molecule has 0 aliphatic rings. The van der Waals surface area contributed by atoms with Crippen LogP contribution in [0, 0.1) is 5.92 Å². The van der Waals surface area contributed by atoms with Crippen LogP contribution >= 0.6 is 0 Å². The maximum absolute atomic E-state index is 11.2. The normalized spacial score (nSPS) is 12.1. The predicted molar refractivity (Wildman–Crippen MR) is 60.7 cm³/mol. The van der Waals surface area contributed by atoms with Crippen molar-refractivity contribution >= 4 is 11.7 Å². The summed E-state index contributed by atoms with van der Waals surface area (Å²) in [7, 11) is 0. The van der Waals surface area contributed by atoms with Crippen molar-refractivity contribution in [3.05, 3.63) is 30.3 Å². The molecule has 1 rings (SSSR count). The Morgan fingerprint density at radius 3 is 2.60 bits per heavy atom. The average molecular weight is 209 g/mol. The van der Waals surface area contributed by atoms with Crippen molar-refractivity contribution in [3.63, 3.8) is 0 Å². The molecule has 0 heterocycles. The fourth-order valence-electron chi connectivity index (χ4n) is 1.30. The summed E-state index contributed by atoms with van der Waals surface area (Å²) in [4.78, 5) is 12.7. The lowest BCUT2D eigenvalue weighted by Gasteiger charge is -2.23. The van der Waals surface area contributed by atoms with E-state index in [2.05, 4.69) is 0 Å². The number of aliphatic hydroxyl groups excluding tert-OH is 1. The highest BCUT2D eigenvalue weighted by molar-refractivity contribution is 5.90. The van der Waals surface area contributed by atoms with Crippen molar-refractivity contribution in [3.8, 4) is 0 Å². The maximum Gasteiger partial charge on any atom is 1.00 e. The van der Waals surface area contributed by atoms with E-state index in [-0.39, 0.29) is 14.0 Å². The summed E-state index contributed by atoms with van der Waals surface area (Å²) in [6.45, 7) is 2.32. The number of hydrogen-bond acceptors (Lipinski definition) is 2. The number of rotatable bonds is 4. The van der Waals surface area contributed by atoms with Gasteiger partial charge in [-0.3, -0.25) is 4.90 Å². The first kappa shape index (κ1) is 11.5. The second-order valence-electron chi connectivity index (χ2n) is 3.57. The zero-order valence-electron chi connectivity index (χ0n) is 9.76. The zero-order valence-corrected chi connectivity index (χ0v) is 8.76. The number of nitrogens with zero attached hydrogens (tertiary/aromatic N) is 1. The summed E-state index contributed by atoms with van der Waals surface area (Å²) >= 11 is 0. The monoisotopic (exact) mass is 209 g/mol. The van der Waals surface area contributed by atoms with Gasteiger partial charge in [-0.1, -0.05) is 25.1 Å². The van der Waals surface area contributed by atoms with Crippen molar-refractivity contribution in [2.75, 3.05) is 18.1 Å². The third kappa shape index (κ3) is 3.25. The molecule has 82 valence electrons. The molecule has 3 N–H and O–H groups in total. The number of anilines is 1. The first-order valence-corrected chi connectivity index (χ1v) is 4.88. The van der Waals surface area contributed by atoms with Crippen molar-refractivity contribution in [2.24, 2.45) is 11.7 Å². The quantitative estimate of drug-likeness (QED) is 0.785. The van der Waals surface area contributed by atoms with Crippen molar-refractivity contribution in [1.82, 2.24) is 0 Å². The number of carbonyl (C=O) groups is 1. The molecule has 0 saturated carbocycles. The number of amides is 2. The predicted octanol–water partition coefficient (Wildman–Crippen LogP) is 1.31. The van der Waals surface area contributed by atoms with Gasteiger partial charge in [0.1, 0.15) is 0 Å². The van der Waals surface area contributed by atoms with E-state index in [1.807, 2.05) is 37.3 Å². The molecule has 0 fully saturated rings. The summed E-state index contributed by atoms with van der Waals surface area (Å²) in [5, 5.41) is 8.93. The Balaban J connectivity index is 0.00000225. The summed E-state index contributed by atoms with van der Waals surface area (Å²) < 4.78 is 0. The second-order valence-corrected chi connectivity index (χ2v) is 3.57. The number of carbonyl (C=O) groups excluding carboxylic acids is 1. The molecular formula is C11H17N2O2+. The van der Waals surface area contributed by atoms with Crippen LogP contribution in [0.3, 0.4) is 0 Å². The van der Waals surface area contributed by atoms with Crippen LogP contribution in [-0.4, -0.2) is 24.3 Å². The van der Waals surface area contributed by atoms with Crippen LogP contribution < -0.4 is 10.6 Å². The Morgan fingerprint density at radius 2 is 2.13 bits per heavy atom. The summed E-state index contributed by atoms with van der Waals surface area (Å²) in [5.74, 6) is 0.0118. The highest BCUT2D eigenvalue weighted by Crippen LogP contribution is 2.14. The first-order valence-electron chi connectivity index (χ1n) is 4.88. The molecule has 0 bridgehead atoms. The molecule has 0 aliphatic heterocycles. The number of hydrogen-bond donors (Lipinski definition) is 2. The van der Waals surface area contributed by atoms with E-state index < -0.39 is 6.03 Å². The summed E-state index contributed by atoms with van der Waals surface area (Å²) in [6.07, 6.45) is 0. The SMILES string of the molecule is CC(CO)CN(C(N)=O)c1ccccc1.[H+]. The van der Waals surface area contributed by atoms with Gasteiger partial charge in [0.25, 0.3) is 0 Å². The molecule has 4 nitrogen and oxygen atoms in total. The summed E-state index contributed by atoms with van der Waals surface area (Å²) in [5.41, 5.74) is 6.03. The molecule has 2 amide bonds. The molecule has 1 aromatic rings. The fraction of sp³-hybridized carbons (Fsp3) is 0.364. The van der Waals surface area contributed by atoms with E-state index in [4.69, 9.17) is 10.8 Å². The Morgan fingerprint density at radius 1 is 1.53 bits per heavy atom. The van der Waals surface area contributed by atoms with Gasteiger partial charge in [0.05, 0.1) is 0 Å². The van der Waals surface area contributed by atoms with Gasteiger partial charge in [0.2, 0.25) is 0 Å². The Labute approximate surface area is 90.8 Å². The Bertz CT molecular complexity index is 319. The lowest BCUT2D eigenvalue weighted by Crippen LogP contribution is -2.39. The van der Waals surface area contributed by atoms with Gasteiger partial charge >= 0.3 is 7.46 Å². The van der Waals surface area contributed by atoms with E-state index in [0.717, 1.165) is 5.69 Å². The third-order valence-corrected chi connectivity index (χ3v) is 2.14. The Hall–Kier alpha value is -1.55. The summed E-state index contributed by atoms with van der Waals surface area (Å²) in [6, 6.07) is 8.69. The molecule has 4 heteroatoms. The van der Waals surface area contributed by atoms with E-state index in [1.165, 1.54) is 4.90 Å². The Kier molecular flexibility index (Phi) is 4.12. The topological polar surface area (TPSA) is 66.6 Å². The fourth-order valence-corrected chi connectivity index (χ4v) is 1.30. The second kappa shape index (κ2) is 5.36. The van der Waals surface area contributed by atoms with Crippen molar-refractivity contribution < 1.29 is 11.3 Å². The lowest BCUT2D eigenvalue weighted by atomic mass is 10.1.